The zero-order valence-electron chi connectivity index (χ0n) is 7.48. The molecule has 0 atom stereocenters. The number of hydrogen-bond acceptors (Lipinski definition) is 4. The van der Waals surface area contributed by atoms with Gasteiger partial charge in [0.05, 0.1) is 5.75 Å². The van der Waals surface area contributed by atoms with Gasteiger partial charge in [-0.1, -0.05) is 22.0 Å². The number of hydrogen-bond donors (Lipinski definition) is 0. The number of rotatable bonds is 3. The first-order valence-corrected chi connectivity index (χ1v) is 7.73. The molecule has 0 bridgehead atoms. The smallest absolute Gasteiger partial charge is 0.174 e. The van der Waals surface area contributed by atoms with E-state index < -0.39 is 0 Å². The quantitative estimate of drug-likeness (QED) is 0.558. The van der Waals surface area contributed by atoms with Gasteiger partial charge in [-0.05, 0) is 52.3 Å². The molecule has 6 heteroatoms. The SMILES string of the molecule is Brc1cccc(SCc2nsc(I)n2)c1. The molecule has 0 saturated heterocycles. The highest BCUT2D eigenvalue weighted by molar-refractivity contribution is 14.1. The number of halogens is 2. The molecule has 0 aliphatic heterocycles. The molecule has 0 fully saturated rings. The Morgan fingerprint density at radius 2 is 2.33 bits per heavy atom. The van der Waals surface area contributed by atoms with Crippen LogP contribution in [0.3, 0.4) is 0 Å². The first-order valence-electron chi connectivity index (χ1n) is 4.10. The molecule has 0 aliphatic rings. The summed E-state index contributed by atoms with van der Waals surface area (Å²) >= 11 is 8.83. The summed E-state index contributed by atoms with van der Waals surface area (Å²) in [6, 6.07) is 8.24. The first-order chi connectivity index (χ1) is 7.24. The molecule has 0 saturated carbocycles. The van der Waals surface area contributed by atoms with Crippen LogP contribution in [-0.2, 0) is 5.75 Å². The van der Waals surface area contributed by atoms with E-state index in [0.717, 1.165) is 19.1 Å². The lowest BCUT2D eigenvalue weighted by Gasteiger charge is -1.98. The van der Waals surface area contributed by atoms with Crippen molar-refractivity contribution in [3.05, 3.63) is 37.6 Å². The maximum absolute atomic E-state index is 4.31. The summed E-state index contributed by atoms with van der Waals surface area (Å²) in [5.74, 6) is 1.74. The second-order valence-electron chi connectivity index (χ2n) is 2.71. The van der Waals surface area contributed by atoms with Crippen molar-refractivity contribution in [1.82, 2.24) is 9.36 Å². The van der Waals surface area contributed by atoms with Crippen molar-refractivity contribution in [3.63, 3.8) is 0 Å². The van der Waals surface area contributed by atoms with E-state index >= 15 is 0 Å². The zero-order valence-corrected chi connectivity index (χ0v) is 12.9. The molecule has 0 radical (unpaired) electrons. The molecular weight excluding hydrogens is 407 g/mol. The molecule has 2 nitrogen and oxygen atoms in total. The standard InChI is InChI=1S/C9H6BrIN2S2/c10-6-2-1-3-7(4-6)14-5-8-12-9(11)15-13-8/h1-4H,5H2. The number of aromatic nitrogens is 2. The lowest BCUT2D eigenvalue weighted by Crippen LogP contribution is -1.83. The number of benzene rings is 1. The summed E-state index contributed by atoms with van der Waals surface area (Å²) in [6.45, 7) is 0. The minimum absolute atomic E-state index is 0.829. The van der Waals surface area contributed by atoms with Gasteiger partial charge in [-0.2, -0.15) is 4.37 Å². The molecule has 2 rings (SSSR count). The molecule has 78 valence electrons. The van der Waals surface area contributed by atoms with Crippen LogP contribution in [0.4, 0.5) is 0 Å². The third-order valence-electron chi connectivity index (χ3n) is 1.61. The van der Waals surface area contributed by atoms with Gasteiger partial charge in [0.15, 0.2) is 8.84 Å². The fourth-order valence-electron chi connectivity index (χ4n) is 0.996. The summed E-state index contributed by atoms with van der Waals surface area (Å²) in [6.07, 6.45) is 0. The van der Waals surface area contributed by atoms with Crippen molar-refractivity contribution >= 4 is 61.8 Å². The molecule has 1 aromatic carbocycles. The molecule has 0 spiro atoms. The Balaban J connectivity index is 1.99. The Bertz CT molecular complexity index is 461. The minimum Gasteiger partial charge on any atom is -0.213 e. The van der Waals surface area contributed by atoms with E-state index in [1.807, 2.05) is 12.1 Å². The van der Waals surface area contributed by atoms with E-state index in [0.29, 0.717) is 0 Å². The molecule has 0 N–H and O–H groups in total. The Morgan fingerprint density at radius 3 is 3.00 bits per heavy atom. The highest BCUT2D eigenvalue weighted by atomic mass is 127. The zero-order chi connectivity index (χ0) is 10.7. The van der Waals surface area contributed by atoms with Crippen molar-refractivity contribution in [3.8, 4) is 0 Å². The lowest BCUT2D eigenvalue weighted by molar-refractivity contribution is 1.12. The molecule has 0 amide bonds. The summed E-state index contributed by atoms with van der Waals surface area (Å²) in [5.41, 5.74) is 0. The van der Waals surface area contributed by atoms with E-state index in [2.05, 4.69) is 60.0 Å². The average molecular weight is 413 g/mol. The summed E-state index contributed by atoms with van der Waals surface area (Å²) < 4.78 is 6.35. The molecular formula is C9H6BrIN2S2. The maximum atomic E-state index is 4.31. The maximum Gasteiger partial charge on any atom is 0.174 e. The van der Waals surface area contributed by atoms with Crippen LogP contribution in [0.25, 0.3) is 0 Å². The molecule has 0 unspecified atom stereocenters. The van der Waals surface area contributed by atoms with Gasteiger partial charge in [0.2, 0.25) is 0 Å². The summed E-state index contributed by atoms with van der Waals surface area (Å²) in [4.78, 5) is 5.54. The van der Waals surface area contributed by atoms with E-state index in [4.69, 9.17) is 0 Å². The summed E-state index contributed by atoms with van der Waals surface area (Å²) in [5, 5.41) is 0. The predicted octanol–water partition coefficient (Wildman–Crippen LogP) is 4.20. The van der Waals surface area contributed by atoms with Crippen molar-refractivity contribution in [2.75, 3.05) is 0 Å². The van der Waals surface area contributed by atoms with Gasteiger partial charge in [0.1, 0.15) is 0 Å². The van der Waals surface area contributed by atoms with Crippen molar-refractivity contribution in [2.45, 2.75) is 10.6 Å². The Kier molecular flexibility index (Phi) is 4.41. The van der Waals surface area contributed by atoms with E-state index in [-0.39, 0.29) is 0 Å². The molecule has 1 aromatic heterocycles. The van der Waals surface area contributed by atoms with Crippen molar-refractivity contribution < 1.29 is 0 Å². The minimum atomic E-state index is 0.829. The van der Waals surface area contributed by atoms with Crippen LogP contribution in [0.15, 0.2) is 33.6 Å². The van der Waals surface area contributed by atoms with Crippen molar-refractivity contribution in [1.29, 1.82) is 0 Å². The van der Waals surface area contributed by atoms with Crippen LogP contribution in [0.1, 0.15) is 5.82 Å². The van der Waals surface area contributed by atoms with Gasteiger partial charge in [-0.3, -0.25) is 0 Å². The topological polar surface area (TPSA) is 25.8 Å². The highest BCUT2D eigenvalue weighted by Gasteiger charge is 2.02. The van der Waals surface area contributed by atoms with Crippen molar-refractivity contribution in [2.24, 2.45) is 0 Å². The number of thioether (sulfide) groups is 1. The van der Waals surface area contributed by atoms with Gasteiger partial charge < -0.3 is 0 Å². The molecule has 2 aromatic rings. The van der Waals surface area contributed by atoms with Crippen LogP contribution in [0.5, 0.6) is 0 Å². The van der Waals surface area contributed by atoms with Gasteiger partial charge >= 0.3 is 0 Å². The van der Waals surface area contributed by atoms with Crippen LogP contribution in [0.2, 0.25) is 0 Å². The fraction of sp³-hybridized carbons (Fsp3) is 0.111. The molecule has 15 heavy (non-hydrogen) atoms. The average Bonchev–Trinajstić information content (AvgIpc) is 2.62. The highest BCUT2D eigenvalue weighted by Crippen LogP contribution is 2.24. The monoisotopic (exact) mass is 412 g/mol. The van der Waals surface area contributed by atoms with Crippen LogP contribution in [0, 0.1) is 3.01 Å². The third kappa shape index (κ3) is 3.69. The van der Waals surface area contributed by atoms with Gasteiger partial charge in [0.25, 0.3) is 0 Å². The second kappa shape index (κ2) is 5.60. The van der Waals surface area contributed by atoms with Crippen LogP contribution >= 0.6 is 61.8 Å². The fourth-order valence-corrected chi connectivity index (χ4v) is 3.44. The van der Waals surface area contributed by atoms with Crippen LogP contribution < -0.4 is 0 Å². The Hall–Kier alpha value is 0.340. The van der Waals surface area contributed by atoms with Gasteiger partial charge in [-0.25, -0.2) is 4.98 Å². The third-order valence-corrected chi connectivity index (χ3v) is 4.47. The lowest BCUT2D eigenvalue weighted by atomic mass is 10.4. The predicted molar refractivity (Wildman–Crippen MR) is 76.3 cm³/mol. The number of nitrogens with zero attached hydrogens (tertiary/aromatic N) is 2. The molecule has 1 heterocycles. The van der Waals surface area contributed by atoms with Gasteiger partial charge in [0, 0.05) is 9.37 Å². The summed E-state index contributed by atoms with van der Waals surface area (Å²) in [7, 11) is 0. The normalized spacial score (nSPS) is 10.5. The Labute approximate surface area is 118 Å². The molecule has 0 aliphatic carbocycles. The van der Waals surface area contributed by atoms with Gasteiger partial charge in [-0.15, -0.1) is 11.8 Å². The largest absolute Gasteiger partial charge is 0.213 e. The Morgan fingerprint density at radius 1 is 1.47 bits per heavy atom. The van der Waals surface area contributed by atoms with E-state index in [9.17, 15) is 0 Å². The second-order valence-corrected chi connectivity index (χ2v) is 7.18. The first kappa shape index (κ1) is 11.8. The van der Waals surface area contributed by atoms with Crippen LogP contribution in [-0.4, -0.2) is 9.36 Å². The van der Waals surface area contributed by atoms with E-state index in [1.165, 1.54) is 16.4 Å². The van der Waals surface area contributed by atoms with E-state index in [1.54, 1.807) is 11.8 Å².